The Morgan fingerprint density at radius 2 is 1.88 bits per heavy atom. The molecule has 0 aliphatic carbocycles. The van der Waals surface area contributed by atoms with Gasteiger partial charge in [-0.3, -0.25) is 9.69 Å². The summed E-state index contributed by atoms with van der Waals surface area (Å²) in [6, 6.07) is 0.642. The molecule has 0 aromatic carbocycles. The third-order valence-corrected chi connectivity index (χ3v) is 3.17. The molecule has 4 nitrogen and oxygen atoms in total. The zero-order valence-corrected chi connectivity index (χ0v) is 11.4. The molecular formula is C12H27N3O. The summed E-state index contributed by atoms with van der Waals surface area (Å²) in [6.07, 6.45) is 1.60. The highest BCUT2D eigenvalue weighted by atomic mass is 16.2. The first-order valence-electron chi connectivity index (χ1n) is 6.13. The quantitative estimate of drug-likeness (QED) is 0.706. The van der Waals surface area contributed by atoms with Gasteiger partial charge in [-0.1, -0.05) is 13.8 Å². The maximum Gasteiger partial charge on any atom is 0.223 e. The van der Waals surface area contributed by atoms with E-state index in [-0.39, 0.29) is 11.9 Å². The maximum absolute atomic E-state index is 11.7. The largest absolute Gasteiger partial charge is 0.349 e. The molecule has 0 aromatic rings. The van der Waals surface area contributed by atoms with Crippen molar-refractivity contribution in [2.24, 2.45) is 5.73 Å². The van der Waals surface area contributed by atoms with Crippen LogP contribution in [-0.2, 0) is 4.79 Å². The van der Waals surface area contributed by atoms with Gasteiger partial charge >= 0.3 is 0 Å². The molecule has 1 amide bonds. The Kier molecular flexibility index (Phi) is 7.34. The van der Waals surface area contributed by atoms with Crippen molar-refractivity contribution in [2.45, 2.75) is 45.7 Å². The molecule has 0 rings (SSSR count). The number of carbonyl (C=O) groups excluding carboxylic acids is 1. The molecule has 16 heavy (non-hydrogen) atoms. The number of carbonyl (C=O) groups is 1. The molecule has 0 radical (unpaired) electrons. The van der Waals surface area contributed by atoms with E-state index >= 15 is 0 Å². The molecule has 0 bridgehead atoms. The molecule has 0 saturated heterocycles. The SMILES string of the molecule is CCC(C)N(CC)C(CN)CC(=O)N(C)C. The minimum atomic E-state index is 0.150. The van der Waals surface area contributed by atoms with Crippen molar-refractivity contribution in [1.29, 1.82) is 0 Å². The number of likely N-dealkylation sites (N-methyl/N-ethyl adjacent to an activating group) is 1. The summed E-state index contributed by atoms with van der Waals surface area (Å²) in [4.78, 5) is 15.6. The predicted molar refractivity (Wildman–Crippen MR) is 68.3 cm³/mol. The Morgan fingerprint density at radius 3 is 2.19 bits per heavy atom. The van der Waals surface area contributed by atoms with Crippen LogP contribution in [0.2, 0.25) is 0 Å². The summed E-state index contributed by atoms with van der Waals surface area (Å²) in [6.45, 7) is 7.95. The highest BCUT2D eigenvalue weighted by Crippen LogP contribution is 2.11. The second-order valence-electron chi connectivity index (χ2n) is 4.47. The van der Waals surface area contributed by atoms with Gasteiger partial charge in [-0.15, -0.1) is 0 Å². The van der Waals surface area contributed by atoms with Crippen molar-refractivity contribution in [3.05, 3.63) is 0 Å². The van der Waals surface area contributed by atoms with Crippen molar-refractivity contribution >= 4 is 5.91 Å². The zero-order valence-electron chi connectivity index (χ0n) is 11.4. The second kappa shape index (κ2) is 7.63. The van der Waals surface area contributed by atoms with Crippen LogP contribution in [0.1, 0.15) is 33.6 Å². The van der Waals surface area contributed by atoms with Crippen molar-refractivity contribution in [3.63, 3.8) is 0 Å². The first kappa shape index (κ1) is 15.4. The molecule has 0 fully saturated rings. The molecule has 0 aliphatic heterocycles. The average molecular weight is 229 g/mol. The third kappa shape index (κ3) is 4.49. The van der Waals surface area contributed by atoms with E-state index in [1.54, 1.807) is 19.0 Å². The van der Waals surface area contributed by atoms with Crippen LogP contribution < -0.4 is 5.73 Å². The highest BCUT2D eigenvalue weighted by Gasteiger charge is 2.23. The lowest BCUT2D eigenvalue weighted by Crippen LogP contribution is -2.47. The lowest BCUT2D eigenvalue weighted by atomic mass is 10.1. The van der Waals surface area contributed by atoms with Gasteiger partial charge in [0, 0.05) is 39.1 Å². The van der Waals surface area contributed by atoms with Gasteiger partial charge in [-0.2, -0.15) is 0 Å². The van der Waals surface area contributed by atoms with E-state index in [1.165, 1.54) is 0 Å². The number of hydrogen-bond donors (Lipinski definition) is 1. The molecule has 0 spiro atoms. The van der Waals surface area contributed by atoms with Gasteiger partial charge in [0.25, 0.3) is 0 Å². The molecule has 4 heteroatoms. The van der Waals surface area contributed by atoms with Crippen LogP contribution >= 0.6 is 0 Å². The Bertz CT molecular complexity index is 206. The summed E-state index contributed by atoms with van der Waals surface area (Å²) < 4.78 is 0. The average Bonchev–Trinajstić information content (AvgIpc) is 2.27. The van der Waals surface area contributed by atoms with Gasteiger partial charge < -0.3 is 10.6 Å². The van der Waals surface area contributed by atoms with Crippen molar-refractivity contribution < 1.29 is 4.79 Å². The summed E-state index contributed by atoms with van der Waals surface area (Å²) >= 11 is 0. The lowest BCUT2D eigenvalue weighted by molar-refractivity contribution is -0.130. The molecular weight excluding hydrogens is 202 g/mol. The third-order valence-electron chi connectivity index (χ3n) is 3.17. The minimum Gasteiger partial charge on any atom is -0.349 e. The van der Waals surface area contributed by atoms with E-state index in [1.807, 2.05) is 0 Å². The van der Waals surface area contributed by atoms with Crippen molar-refractivity contribution in [3.8, 4) is 0 Å². The molecule has 2 unspecified atom stereocenters. The van der Waals surface area contributed by atoms with Gasteiger partial charge in [0.05, 0.1) is 0 Å². The van der Waals surface area contributed by atoms with Gasteiger partial charge in [0.15, 0.2) is 0 Å². The van der Waals surface area contributed by atoms with Crippen LogP contribution in [0.4, 0.5) is 0 Å². The number of nitrogens with two attached hydrogens (primary N) is 1. The molecule has 0 aliphatic rings. The summed E-state index contributed by atoms with van der Waals surface area (Å²) in [5.74, 6) is 0.150. The van der Waals surface area contributed by atoms with E-state index in [9.17, 15) is 4.79 Å². The number of hydrogen-bond acceptors (Lipinski definition) is 3. The van der Waals surface area contributed by atoms with Gasteiger partial charge in [-0.25, -0.2) is 0 Å². The molecule has 0 saturated carbocycles. The van der Waals surface area contributed by atoms with Crippen LogP contribution in [-0.4, -0.2) is 55.0 Å². The van der Waals surface area contributed by atoms with Crippen LogP contribution in [0.25, 0.3) is 0 Å². The van der Waals surface area contributed by atoms with E-state index in [4.69, 9.17) is 5.73 Å². The van der Waals surface area contributed by atoms with Crippen molar-refractivity contribution in [2.75, 3.05) is 27.2 Å². The number of rotatable bonds is 7. The molecule has 0 aromatic heterocycles. The standard InChI is InChI=1S/C12H27N3O/c1-6-10(3)15(7-2)11(9-13)8-12(16)14(4)5/h10-11H,6-9,13H2,1-5H3. The van der Waals surface area contributed by atoms with Gasteiger partial charge in [0.2, 0.25) is 5.91 Å². The fourth-order valence-corrected chi connectivity index (χ4v) is 1.88. The minimum absolute atomic E-state index is 0.150. The van der Waals surface area contributed by atoms with E-state index in [0.29, 0.717) is 19.0 Å². The fraction of sp³-hybridized carbons (Fsp3) is 0.917. The maximum atomic E-state index is 11.7. The Labute approximate surface area is 99.8 Å². The Hall–Kier alpha value is -0.610. The second-order valence-corrected chi connectivity index (χ2v) is 4.47. The topological polar surface area (TPSA) is 49.6 Å². The molecule has 2 N–H and O–H groups in total. The number of amides is 1. The van der Waals surface area contributed by atoms with E-state index in [2.05, 4.69) is 25.7 Å². The molecule has 96 valence electrons. The summed E-state index contributed by atoms with van der Waals surface area (Å²) in [5, 5.41) is 0. The summed E-state index contributed by atoms with van der Waals surface area (Å²) in [5.41, 5.74) is 5.78. The van der Waals surface area contributed by atoms with E-state index in [0.717, 1.165) is 13.0 Å². The Morgan fingerprint density at radius 1 is 1.31 bits per heavy atom. The van der Waals surface area contributed by atoms with Crippen LogP contribution in [0.5, 0.6) is 0 Å². The van der Waals surface area contributed by atoms with Crippen molar-refractivity contribution in [1.82, 2.24) is 9.80 Å². The smallest absolute Gasteiger partial charge is 0.223 e. The first-order valence-corrected chi connectivity index (χ1v) is 6.13. The van der Waals surface area contributed by atoms with Crippen LogP contribution in [0.3, 0.4) is 0 Å². The monoisotopic (exact) mass is 229 g/mol. The fourth-order valence-electron chi connectivity index (χ4n) is 1.88. The van der Waals surface area contributed by atoms with Gasteiger partial charge in [-0.05, 0) is 19.9 Å². The number of nitrogens with zero attached hydrogens (tertiary/aromatic N) is 2. The van der Waals surface area contributed by atoms with Gasteiger partial charge in [0.1, 0.15) is 0 Å². The zero-order chi connectivity index (χ0) is 12.7. The lowest BCUT2D eigenvalue weighted by Gasteiger charge is -2.34. The predicted octanol–water partition coefficient (Wildman–Crippen LogP) is 0.912. The summed E-state index contributed by atoms with van der Waals surface area (Å²) in [7, 11) is 3.57. The normalized spacial score (nSPS) is 14.9. The van der Waals surface area contributed by atoms with Crippen LogP contribution in [0, 0.1) is 0 Å². The molecule has 0 heterocycles. The van der Waals surface area contributed by atoms with Crippen LogP contribution in [0.15, 0.2) is 0 Å². The first-order chi connectivity index (χ1) is 7.47. The highest BCUT2D eigenvalue weighted by molar-refractivity contribution is 5.76. The Balaban J connectivity index is 4.50. The molecule has 2 atom stereocenters. The van der Waals surface area contributed by atoms with E-state index < -0.39 is 0 Å².